The van der Waals surface area contributed by atoms with Gasteiger partial charge in [0, 0.05) is 0 Å². The Morgan fingerprint density at radius 1 is 1.53 bits per heavy atom. The molecule has 0 fully saturated rings. The van der Waals surface area contributed by atoms with Gasteiger partial charge in [0.25, 0.3) is 0 Å². The zero-order valence-electron chi connectivity index (χ0n) is 8.07. The SMILES string of the molecule is COC(=O)c1ccc(C#CCC(N)=O)o1. The molecule has 0 aromatic carbocycles. The van der Waals surface area contributed by atoms with Crippen LogP contribution in [0.3, 0.4) is 0 Å². The maximum atomic E-state index is 11.0. The molecule has 0 radical (unpaired) electrons. The fraction of sp³-hybridized carbons (Fsp3) is 0.200. The largest absolute Gasteiger partial charge is 0.463 e. The smallest absolute Gasteiger partial charge is 0.374 e. The number of furan rings is 1. The van der Waals surface area contributed by atoms with Crippen LogP contribution in [0.5, 0.6) is 0 Å². The molecule has 0 saturated heterocycles. The number of amides is 1. The second-order valence-electron chi connectivity index (χ2n) is 2.60. The third-order valence-electron chi connectivity index (χ3n) is 1.47. The van der Waals surface area contributed by atoms with Crippen LogP contribution in [0.1, 0.15) is 22.7 Å². The summed E-state index contributed by atoms with van der Waals surface area (Å²) in [6.45, 7) is 0. The molecule has 5 heteroatoms. The summed E-state index contributed by atoms with van der Waals surface area (Å²) in [6.07, 6.45) is -0.0474. The molecule has 5 nitrogen and oxygen atoms in total. The molecule has 0 aliphatic rings. The second kappa shape index (κ2) is 4.86. The van der Waals surface area contributed by atoms with Gasteiger partial charge in [0.1, 0.15) is 0 Å². The summed E-state index contributed by atoms with van der Waals surface area (Å²) >= 11 is 0. The van der Waals surface area contributed by atoms with Crippen LogP contribution in [-0.4, -0.2) is 19.0 Å². The number of rotatable bonds is 2. The number of carbonyl (C=O) groups is 2. The number of hydrogen-bond donors (Lipinski definition) is 1. The quantitative estimate of drug-likeness (QED) is 0.558. The van der Waals surface area contributed by atoms with E-state index < -0.39 is 11.9 Å². The van der Waals surface area contributed by atoms with E-state index in [4.69, 9.17) is 10.2 Å². The van der Waals surface area contributed by atoms with Crippen molar-refractivity contribution in [3.63, 3.8) is 0 Å². The highest BCUT2D eigenvalue weighted by Crippen LogP contribution is 2.07. The molecule has 2 N–H and O–H groups in total. The molecule has 15 heavy (non-hydrogen) atoms. The van der Waals surface area contributed by atoms with Crippen LogP contribution in [0.15, 0.2) is 16.5 Å². The van der Waals surface area contributed by atoms with E-state index in [1.807, 2.05) is 0 Å². The number of ether oxygens (including phenoxy) is 1. The van der Waals surface area contributed by atoms with Crippen molar-refractivity contribution in [2.45, 2.75) is 6.42 Å². The molecule has 78 valence electrons. The predicted octanol–water partition coefficient (Wildman–Crippen LogP) is 0.293. The summed E-state index contributed by atoms with van der Waals surface area (Å²) in [5, 5.41) is 0. The molecule has 0 saturated carbocycles. The number of primary amides is 1. The van der Waals surface area contributed by atoms with Crippen LogP contribution in [0.4, 0.5) is 0 Å². The molecule has 1 aromatic rings. The molecule has 1 rings (SSSR count). The van der Waals surface area contributed by atoms with Crippen molar-refractivity contribution in [3.8, 4) is 11.8 Å². The summed E-state index contributed by atoms with van der Waals surface area (Å²) in [7, 11) is 1.25. The maximum Gasteiger partial charge on any atom is 0.374 e. The van der Waals surface area contributed by atoms with E-state index >= 15 is 0 Å². The Morgan fingerprint density at radius 3 is 2.87 bits per heavy atom. The minimum atomic E-state index is -0.571. The maximum absolute atomic E-state index is 11.0. The molecular formula is C10H9NO4. The summed E-state index contributed by atoms with van der Waals surface area (Å²) in [6, 6.07) is 2.96. The van der Waals surface area contributed by atoms with Gasteiger partial charge in [0.2, 0.25) is 11.7 Å². The van der Waals surface area contributed by atoms with Crippen molar-refractivity contribution < 1.29 is 18.7 Å². The standard InChI is InChI=1S/C10H9NO4/c1-14-10(13)8-6-5-7(15-8)3-2-4-9(11)12/h5-6H,4H2,1H3,(H2,11,12). The Balaban J connectivity index is 2.71. The summed E-state index contributed by atoms with van der Waals surface area (Å²) in [4.78, 5) is 21.3. The molecule has 1 aromatic heterocycles. The van der Waals surface area contributed by atoms with Gasteiger partial charge in [-0.05, 0) is 18.1 Å². The second-order valence-corrected chi connectivity index (χ2v) is 2.60. The topological polar surface area (TPSA) is 82.5 Å². The number of carbonyl (C=O) groups excluding carboxylic acids is 2. The first-order valence-corrected chi connectivity index (χ1v) is 4.09. The highest BCUT2D eigenvalue weighted by molar-refractivity contribution is 5.86. The number of nitrogens with two attached hydrogens (primary N) is 1. The predicted molar refractivity (Wildman–Crippen MR) is 50.7 cm³/mol. The molecule has 0 aliphatic heterocycles. The lowest BCUT2D eigenvalue weighted by atomic mass is 10.3. The van der Waals surface area contributed by atoms with Gasteiger partial charge in [0.15, 0.2) is 5.76 Å². The van der Waals surface area contributed by atoms with Crippen LogP contribution in [0.25, 0.3) is 0 Å². The monoisotopic (exact) mass is 207 g/mol. The van der Waals surface area contributed by atoms with Crippen molar-refractivity contribution in [3.05, 3.63) is 23.7 Å². The minimum Gasteiger partial charge on any atom is -0.463 e. The Hall–Kier alpha value is -2.22. The first-order chi connectivity index (χ1) is 7.13. The van der Waals surface area contributed by atoms with Crippen molar-refractivity contribution in [1.82, 2.24) is 0 Å². The van der Waals surface area contributed by atoms with Crippen LogP contribution >= 0.6 is 0 Å². The van der Waals surface area contributed by atoms with Crippen LogP contribution < -0.4 is 5.73 Å². The highest BCUT2D eigenvalue weighted by atomic mass is 16.5. The van der Waals surface area contributed by atoms with Crippen molar-refractivity contribution >= 4 is 11.9 Å². The van der Waals surface area contributed by atoms with Gasteiger partial charge in [-0.2, -0.15) is 0 Å². The van der Waals surface area contributed by atoms with E-state index in [1.165, 1.54) is 19.2 Å². The van der Waals surface area contributed by atoms with E-state index in [0.717, 1.165) is 0 Å². The molecule has 0 atom stereocenters. The third-order valence-corrected chi connectivity index (χ3v) is 1.47. The van der Waals surface area contributed by atoms with Crippen LogP contribution in [0.2, 0.25) is 0 Å². The van der Waals surface area contributed by atoms with Gasteiger partial charge >= 0.3 is 5.97 Å². The van der Waals surface area contributed by atoms with Gasteiger partial charge in [0.05, 0.1) is 13.5 Å². The fourth-order valence-corrected chi connectivity index (χ4v) is 0.834. The van der Waals surface area contributed by atoms with Gasteiger partial charge in [-0.1, -0.05) is 5.92 Å². The van der Waals surface area contributed by atoms with E-state index in [9.17, 15) is 9.59 Å². The Labute approximate surface area is 86.2 Å². The van der Waals surface area contributed by atoms with E-state index in [-0.39, 0.29) is 17.9 Å². The molecular weight excluding hydrogens is 198 g/mol. The molecule has 1 amide bonds. The number of methoxy groups -OCH3 is 1. The fourth-order valence-electron chi connectivity index (χ4n) is 0.834. The summed E-state index contributed by atoms with van der Waals surface area (Å²) in [5.74, 6) is 4.33. The highest BCUT2D eigenvalue weighted by Gasteiger charge is 2.09. The zero-order chi connectivity index (χ0) is 11.3. The molecule has 0 spiro atoms. The van der Waals surface area contributed by atoms with Gasteiger partial charge in [-0.25, -0.2) is 4.79 Å². The van der Waals surface area contributed by atoms with Gasteiger partial charge in [-0.15, -0.1) is 0 Å². The van der Waals surface area contributed by atoms with Crippen LogP contribution in [0, 0.1) is 11.8 Å². The lowest BCUT2D eigenvalue weighted by Gasteiger charge is -1.90. The molecule has 0 aliphatic carbocycles. The number of hydrogen-bond acceptors (Lipinski definition) is 4. The lowest BCUT2D eigenvalue weighted by molar-refractivity contribution is -0.117. The third kappa shape index (κ3) is 3.19. The van der Waals surface area contributed by atoms with E-state index in [2.05, 4.69) is 16.6 Å². The first kappa shape index (κ1) is 10.9. The zero-order valence-corrected chi connectivity index (χ0v) is 8.07. The van der Waals surface area contributed by atoms with Gasteiger partial charge in [-0.3, -0.25) is 4.79 Å². The normalized spacial score (nSPS) is 8.87. The van der Waals surface area contributed by atoms with Gasteiger partial charge < -0.3 is 14.9 Å². The Bertz CT molecular complexity index is 436. The Morgan fingerprint density at radius 2 is 2.27 bits per heavy atom. The summed E-state index contributed by atoms with van der Waals surface area (Å²) in [5.41, 5.74) is 4.89. The molecule has 0 bridgehead atoms. The van der Waals surface area contributed by atoms with Crippen molar-refractivity contribution in [2.24, 2.45) is 5.73 Å². The summed E-state index contributed by atoms with van der Waals surface area (Å²) < 4.78 is 9.46. The average molecular weight is 207 g/mol. The van der Waals surface area contributed by atoms with E-state index in [1.54, 1.807) is 0 Å². The van der Waals surface area contributed by atoms with Crippen molar-refractivity contribution in [1.29, 1.82) is 0 Å². The lowest BCUT2D eigenvalue weighted by Crippen LogP contribution is -2.08. The first-order valence-electron chi connectivity index (χ1n) is 4.09. The minimum absolute atomic E-state index is 0.0474. The number of esters is 1. The van der Waals surface area contributed by atoms with Crippen molar-refractivity contribution in [2.75, 3.05) is 7.11 Å². The molecule has 1 heterocycles. The molecule has 0 unspecified atom stereocenters. The average Bonchev–Trinajstić information content (AvgIpc) is 2.65. The van der Waals surface area contributed by atoms with E-state index in [0.29, 0.717) is 0 Å². The Kier molecular flexibility index (Phi) is 3.52. The van der Waals surface area contributed by atoms with Crippen LogP contribution in [-0.2, 0) is 9.53 Å².